The maximum atomic E-state index is 14.0. The number of aromatic carboxylic acids is 1. The number of hydrogen-bond acceptors (Lipinski definition) is 7. The van der Waals surface area contributed by atoms with Crippen LogP contribution in [0.25, 0.3) is 22.3 Å². The fraction of sp³-hybridized carbons (Fsp3) is 0.222. The molecular weight excluding hydrogens is 606 g/mol. The van der Waals surface area contributed by atoms with Gasteiger partial charge in [-0.05, 0) is 78.9 Å². The Hall–Kier alpha value is -5.15. The highest BCUT2D eigenvalue weighted by atomic mass is 35.5. The van der Waals surface area contributed by atoms with Gasteiger partial charge in [0.15, 0.2) is 17.3 Å². The van der Waals surface area contributed by atoms with Crippen molar-refractivity contribution in [2.45, 2.75) is 40.2 Å². The van der Waals surface area contributed by atoms with Crippen LogP contribution in [0.2, 0.25) is 5.02 Å². The molecule has 5 aromatic rings. The number of aryl methyl sites for hydroxylation is 1. The van der Waals surface area contributed by atoms with Gasteiger partial charge in [0, 0.05) is 22.2 Å². The molecule has 1 N–H and O–H groups in total. The van der Waals surface area contributed by atoms with E-state index in [-0.39, 0.29) is 23.6 Å². The minimum atomic E-state index is -1.03. The molecule has 10 heteroatoms. The van der Waals surface area contributed by atoms with Gasteiger partial charge in [-0.2, -0.15) is 9.78 Å². The van der Waals surface area contributed by atoms with Crippen LogP contribution >= 0.6 is 11.6 Å². The number of halogens is 1. The highest BCUT2D eigenvalue weighted by Gasteiger charge is 2.19. The van der Waals surface area contributed by atoms with Crippen molar-refractivity contribution in [3.05, 3.63) is 116 Å². The zero-order chi connectivity index (χ0) is 33.0. The summed E-state index contributed by atoms with van der Waals surface area (Å²) < 4.78 is 18.9. The Morgan fingerprint density at radius 2 is 1.83 bits per heavy atom. The molecule has 0 fully saturated rings. The molecule has 1 aromatic heterocycles. The van der Waals surface area contributed by atoms with Crippen LogP contribution in [0.4, 0.5) is 0 Å². The van der Waals surface area contributed by atoms with Crippen molar-refractivity contribution >= 4 is 34.7 Å². The number of carbonyl (C=O) groups is 1. The molecule has 0 unspecified atom stereocenters. The normalized spacial score (nSPS) is 11.4. The third kappa shape index (κ3) is 6.74. The summed E-state index contributed by atoms with van der Waals surface area (Å²) in [5, 5.41) is 14.8. The summed E-state index contributed by atoms with van der Waals surface area (Å²) in [6, 6.07) is 20.8. The minimum absolute atomic E-state index is 0.0477. The number of nitrogens with zero attached hydrogens (tertiary/aromatic N) is 3. The molecule has 5 rings (SSSR count). The zero-order valence-corrected chi connectivity index (χ0v) is 27.0. The first-order chi connectivity index (χ1) is 22.1. The lowest BCUT2D eigenvalue weighted by molar-refractivity contribution is 0.0696. The molecule has 0 spiro atoms. The third-order valence-corrected chi connectivity index (χ3v) is 7.63. The summed E-state index contributed by atoms with van der Waals surface area (Å²) in [5.74, 6) is 0.936. The zero-order valence-electron chi connectivity index (χ0n) is 26.2. The number of para-hydroxylation sites is 1. The van der Waals surface area contributed by atoms with Gasteiger partial charge in [0.1, 0.15) is 12.4 Å². The van der Waals surface area contributed by atoms with E-state index in [2.05, 4.69) is 18.9 Å². The summed E-state index contributed by atoms with van der Waals surface area (Å²) >= 11 is 6.44. The van der Waals surface area contributed by atoms with Crippen molar-refractivity contribution < 1.29 is 24.1 Å². The summed E-state index contributed by atoms with van der Waals surface area (Å²) in [4.78, 5) is 30.3. The highest BCUT2D eigenvalue weighted by Crippen LogP contribution is 2.36. The lowest BCUT2D eigenvalue weighted by Gasteiger charge is -2.18. The maximum Gasteiger partial charge on any atom is 0.335 e. The SMILES string of the molecule is CCOc1cc(C)c(-c2nc3ccccc3c(=O)n2N=Cc2cc(Cl)cc(OC)c2OCc2cccc(C(=O)O)c2)cc1C(C)C. The Morgan fingerprint density at radius 1 is 1.04 bits per heavy atom. The van der Waals surface area contributed by atoms with Crippen LogP contribution in [-0.4, -0.2) is 40.7 Å². The van der Waals surface area contributed by atoms with Crippen LogP contribution in [0.1, 0.15) is 59.3 Å². The second-order valence-electron chi connectivity index (χ2n) is 10.9. The van der Waals surface area contributed by atoms with E-state index in [0.717, 1.165) is 22.4 Å². The van der Waals surface area contributed by atoms with Gasteiger partial charge >= 0.3 is 5.97 Å². The molecule has 0 radical (unpaired) electrons. The number of hydrogen-bond donors (Lipinski definition) is 1. The topological polar surface area (TPSA) is 112 Å². The predicted octanol–water partition coefficient (Wildman–Crippen LogP) is 7.72. The number of methoxy groups -OCH3 is 1. The smallest absolute Gasteiger partial charge is 0.335 e. The molecule has 0 bridgehead atoms. The highest BCUT2D eigenvalue weighted by molar-refractivity contribution is 6.31. The first kappa shape index (κ1) is 32.2. The largest absolute Gasteiger partial charge is 0.494 e. The number of fused-ring (bicyclic) bond motifs is 1. The van der Waals surface area contributed by atoms with Gasteiger partial charge < -0.3 is 19.3 Å². The van der Waals surface area contributed by atoms with Gasteiger partial charge in [-0.15, -0.1) is 0 Å². The summed E-state index contributed by atoms with van der Waals surface area (Å²) in [5.41, 5.74) is 4.03. The number of ether oxygens (including phenoxy) is 3. The van der Waals surface area contributed by atoms with Crippen molar-refractivity contribution in [3.8, 4) is 28.6 Å². The van der Waals surface area contributed by atoms with E-state index in [9.17, 15) is 14.7 Å². The van der Waals surface area contributed by atoms with E-state index in [0.29, 0.717) is 51.0 Å². The van der Waals surface area contributed by atoms with Crippen molar-refractivity contribution in [3.63, 3.8) is 0 Å². The molecule has 0 amide bonds. The van der Waals surface area contributed by atoms with Crippen LogP contribution in [-0.2, 0) is 6.61 Å². The molecule has 0 aliphatic carbocycles. The molecule has 9 nitrogen and oxygen atoms in total. The standard InChI is InChI=1S/C36H34ClN3O6/c1-6-45-31-14-22(4)29(18-28(31)21(2)3)34-39-30-13-8-7-12-27(30)35(41)40(34)38-19-25-16-26(37)17-32(44-5)33(25)46-20-23-10-9-11-24(15-23)36(42)43/h7-19,21H,6,20H2,1-5H3,(H,42,43). The van der Waals surface area contributed by atoms with Crippen molar-refractivity contribution in [2.24, 2.45) is 5.10 Å². The van der Waals surface area contributed by atoms with Crippen molar-refractivity contribution in [1.82, 2.24) is 9.66 Å². The van der Waals surface area contributed by atoms with E-state index < -0.39 is 5.97 Å². The monoisotopic (exact) mass is 639 g/mol. The summed E-state index contributed by atoms with van der Waals surface area (Å²) in [7, 11) is 1.49. The number of rotatable bonds is 11. The van der Waals surface area contributed by atoms with E-state index in [1.807, 2.05) is 32.0 Å². The summed E-state index contributed by atoms with van der Waals surface area (Å²) in [6.07, 6.45) is 1.48. The van der Waals surface area contributed by atoms with Gasteiger partial charge in [-0.1, -0.05) is 49.7 Å². The second-order valence-corrected chi connectivity index (χ2v) is 11.4. The predicted molar refractivity (Wildman–Crippen MR) is 180 cm³/mol. The average molecular weight is 640 g/mol. The first-order valence-corrected chi connectivity index (χ1v) is 15.2. The molecule has 0 saturated heterocycles. The Balaban J connectivity index is 1.65. The van der Waals surface area contributed by atoms with Gasteiger partial charge in [0.2, 0.25) is 0 Å². The Kier molecular flexibility index (Phi) is 9.72. The Morgan fingerprint density at radius 3 is 2.54 bits per heavy atom. The lowest BCUT2D eigenvalue weighted by Crippen LogP contribution is -2.21. The molecule has 46 heavy (non-hydrogen) atoms. The van der Waals surface area contributed by atoms with Crippen LogP contribution in [0, 0.1) is 6.92 Å². The molecule has 0 aliphatic heterocycles. The minimum Gasteiger partial charge on any atom is -0.494 e. The molecule has 236 valence electrons. The fourth-order valence-electron chi connectivity index (χ4n) is 5.14. The van der Waals surface area contributed by atoms with Crippen LogP contribution in [0.3, 0.4) is 0 Å². The number of aromatic nitrogens is 2. The van der Waals surface area contributed by atoms with Gasteiger partial charge in [-0.25, -0.2) is 9.78 Å². The quantitative estimate of drug-likeness (QED) is 0.147. The Labute approximate surface area is 271 Å². The molecule has 0 aliphatic rings. The summed E-state index contributed by atoms with van der Waals surface area (Å²) in [6.45, 7) is 8.64. The molecule has 4 aromatic carbocycles. The molecule has 0 saturated carbocycles. The van der Waals surface area contributed by atoms with E-state index in [1.165, 1.54) is 30.1 Å². The molecular formula is C36H34ClN3O6. The van der Waals surface area contributed by atoms with E-state index in [1.54, 1.807) is 42.5 Å². The van der Waals surface area contributed by atoms with Crippen molar-refractivity contribution in [2.75, 3.05) is 13.7 Å². The van der Waals surface area contributed by atoms with E-state index >= 15 is 0 Å². The maximum absolute atomic E-state index is 14.0. The third-order valence-electron chi connectivity index (χ3n) is 7.41. The van der Waals surface area contributed by atoms with Crippen LogP contribution in [0.15, 0.2) is 82.7 Å². The van der Waals surface area contributed by atoms with Crippen LogP contribution < -0.4 is 19.8 Å². The molecule has 1 heterocycles. The number of carboxylic acid groups (broad SMARTS) is 1. The van der Waals surface area contributed by atoms with Gasteiger partial charge in [-0.3, -0.25) is 4.79 Å². The fourth-order valence-corrected chi connectivity index (χ4v) is 5.35. The number of carboxylic acids is 1. The first-order valence-electron chi connectivity index (χ1n) is 14.8. The van der Waals surface area contributed by atoms with Gasteiger partial charge in [0.25, 0.3) is 5.56 Å². The number of benzene rings is 4. The Bertz CT molecular complexity index is 2020. The van der Waals surface area contributed by atoms with Crippen LogP contribution in [0.5, 0.6) is 17.2 Å². The van der Waals surface area contributed by atoms with E-state index in [4.69, 9.17) is 30.8 Å². The molecule has 0 atom stereocenters. The lowest BCUT2D eigenvalue weighted by atomic mass is 9.96. The average Bonchev–Trinajstić information content (AvgIpc) is 3.03. The second kappa shape index (κ2) is 13.9. The van der Waals surface area contributed by atoms with Gasteiger partial charge in [0.05, 0.1) is 36.4 Å². The van der Waals surface area contributed by atoms with Crippen molar-refractivity contribution in [1.29, 1.82) is 0 Å².